The lowest BCUT2D eigenvalue weighted by Crippen LogP contribution is -2.25. The number of hydrogen-bond donors (Lipinski definition) is 1. The van der Waals surface area contributed by atoms with E-state index >= 15 is 0 Å². The summed E-state index contributed by atoms with van der Waals surface area (Å²) in [6.07, 6.45) is 1.99. The highest BCUT2D eigenvalue weighted by Crippen LogP contribution is 2.32. The van der Waals surface area contributed by atoms with Gasteiger partial charge in [-0.1, -0.05) is 53.7 Å². The van der Waals surface area contributed by atoms with Gasteiger partial charge in [-0.25, -0.2) is 0 Å². The molecule has 222 valence electrons. The van der Waals surface area contributed by atoms with Gasteiger partial charge in [0.25, 0.3) is 0 Å². The van der Waals surface area contributed by atoms with Crippen LogP contribution < -0.4 is 18.9 Å². The van der Waals surface area contributed by atoms with Gasteiger partial charge in [-0.2, -0.15) is 10.5 Å². The molecule has 2 aromatic rings. The second kappa shape index (κ2) is 14.3. The number of aliphatic hydroxyl groups is 1. The molecule has 0 unspecified atom stereocenters. The molecular weight excluding hydrogens is 536 g/mol. The first kappa shape index (κ1) is 33.6. The van der Waals surface area contributed by atoms with E-state index in [-0.39, 0.29) is 35.9 Å². The summed E-state index contributed by atoms with van der Waals surface area (Å²) in [5, 5.41) is 29.4. The Balaban J connectivity index is 2.09. The number of ketones is 2. The maximum atomic E-state index is 12.5. The number of allylic oxidation sites excluding steroid dienone is 2. The maximum Gasteiger partial charge on any atom is 0.178 e. The van der Waals surface area contributed by atoms with E-state index in [0.29, 0.717) is 34.1 Å². The molecule has 2 rings (SSSR count). The highest BCUT2D eigenvalue weighted by Gasteiger charge is 2.26. The molecule has 9 heteroatoms. The van der Waals surface area contributed by atoms with E-state index < -0.39 is 16.9 Å². The van der Waals surface area contributed by atoms with Crippen molar-refractivity contribution in [2.24, 2.45) is 10.8 Å². The zero-order chi connectivity index (χ0) is 31.7. The molecule has 9 nitrogen and oxygen atoms in total. The summed E-state index contributed by atoms with van der Waals surface area (Å²) in [7, 11) is 2.93. The van der Waals surface area contributed by atoms with E-state index in [0.717, 1.165) is 0 Å². The van der Waals surface area contributed by atoms with Crippen LogP contribution >= 0.6 is 0 Å². The van der Waals surface area contributed by atoms with Crippen LogP contribution in [-0.2, 0) is 9.59 Å². The van der Waals surface area contributed by atoms with Gasteiger partial charge in [0.15, 0.2) is 34.6 Å². The number of methoxy groups -OCH3 is 2. The summed E-state index contributed by atoms with van der Waals surface area (Å²) >= 11 is 0. The highest BCUT2D eigenvalue weighted by molar-refractivity contribution is 6.06. The molecule has 0 saturated carbocycles. The van der Waals surface area contributed by atoms with Gasteiger partial charge in [0.05, 0.1) is 25.4 Å². The van der Waals surface area contributed by atoms with Gasteiger partial charge >= 0.3 is 0 Å². The predicted octanol–water partition coefficient (Wildman–Crippen LogP) is 5.57. The normalized spacial score (nSPS) is 12.9. The van der Waals surface area contributed by atoms with E-state index in [1.165, 1.54) is 26.4 Å². The first-order valence-electron chi connectivity index (χ1n) is 13.3. The van der Waals surface area contributed by atoms with Gasteiger partial charge < -0.3 is 24.1 Å². The molecule has 0 fully saturated rings. The molecule has 0 aliphatic heterocycles. The second-order valence-corrected chi connectivity index (χ2v) is 11.6. The number of benzene rings is 2. The summed E-state index contributed by atoms with van der Waals surface area (Å²) < 4.78 is 22.3. The van der Waals surface area contributed by atoms with E-state index in [1.807, 2.05) is 12.1 Å². The first-order chi connectivity index (χ1) is 19.6. The summed E-state index contributed by atoms with van der Waals surface area (Å²) in [6, 6.07) is 13.8. The third kappa shape index (κ3) is 9.22. The van der Waals surface area contributed by atoms with Gasteiger partial charge in [-0.15, -0.1) is 0 Å². The molecule has 0 aromatic heterocycles. The van der Waals surface area contributed by atoms with Crippen LogP contribution in [0.3, 0.4) is 0 Å². The molecule has 2 aromatic carbocycles. The molecule has 0 saturated heterocycles. The van der Waals surface area contributed by atoms with Crippen molar-refractivity contribution in [3.8, 4) is 35.1 Å². The zero-order valence-electron chi connectivity index (χ0n) is 25.4. The van der Waals surface area contributed by atoms with Crippen LogP contribution in [0.15, 0.2) is 47.5 Å². The Bertz CT molecular complexity index is 1340. The van der Waals surface area contributed by atoms with Crippen LogP contribution in [0, 0.1) is 33.5 Å². The summed E-state index contributed by atoms with van der Waals surface area (Å²) in [5.74, 6) is 0.923. The van der Waals surface area contributed by atoms with Crippen molar-refractivity contribution in [1.29, 1.82) is 10.5 Å². The molecule has 0 radical (unpaired) electrons. The maximum absolute atomic E-state index is 12.5. The lowest BCUT2D eigenvalue weighted by atomic mass is 9.86. The van der Waals surface area contributed by atoms with Gasteiger partial charge in [-0.05, 0) is 47.5 Å². The molecule has 0 heterocycles. The van der Waals surface area contributed by atoms with E-state index in [9.17, 15) is 25.2 Å². The Morgan fingerprint density at radius 1 is 0.738 bits per heavy atom. The fraction of sp³-hybridized carbons (Fsp3) is 0.394. The summed E-state index contributed by atoms with van der Waals surface area (Å²) in [6.45, 7) is 10.3. The van der Waals surface area contributed by atoms with Gasteiger partial charge in [-0.3, -0.25) is 9.59 Å². The van der Waals surface area contributed by atoms with Crippen molar-refractivity contribution in [3.63, 3.8) is 0 Å². The minimum Gasteiger partial charge on any atom is -0.493 e. The minimum absolute atomic E-state index is 0.0363. The van der Waals surface area contributed by atoms with Crippen molar-refractivity contribution in [1.82, 2.24) is 0 Å². The Labute approximate surface area is 247 Å². The Kier molecular flexibility index (Phi) is 11.5. The molecule has 42 heavy (non-hydrogen) atoms. The van der Waals surface area contributed by atoms with Crippen molar-refractivity contribution in [2.45, 2.75) is 47.6 Å². The number of hydrogen-bond acceptors (Lipinski definition) is 9. The predicted molar refractivity (Wildman–Crippen MR) is 159 cm³/mol. The summed E-state index contributed by atoms with van der Waals surface area (Å²) in [5.41, 5.74) is -0.129. The molecule has 1 N–H and O–H groups in total. The molecule has 0 atom stereocenters. The first-order valence-corrected chi connectivity index (χ1v) is 13.3. The smallest absolute Gasteiger partial charge is 0.178 e. The fourth-order valence-corrected chi connectivity index (χ4v) is 3.64. The van der Waals surface area contributed by atoms with Gasteiger partial charge in [0.1, 0.15) is 31.5 Å². The van der Waals surface area contributed by atoms with Crippen LogP contribution in [0.25, 0.3) is 12.2 Å². The number of aliphatic hydroxyl groups excluding tert-OH is 1. The lowest BCUT2D eigenvalue weighted by molar-refractivity contribution is -0.122. The number of carbonyl (C=O) groups is 2. The molecule has 0 aliphatic rings. The van der Waals surface area contributed by atoms with E-state index in [2.05, 4.69) is 0 Å². The molecular formula is C33H38N2O7. The number of Topliss-reactive ketones (excluding diaryl/α,β-unsaturated/α-hetero) is 2. The van der Waals surface area contributed by atoms with Crippen molar-refractivity contribution < 1.29 is 33.6 Å². The SMILES string of the molecule is COc1cc(C=C(C#N)C(=O)C(C)(C)C)ccc1OCC(O)COc1ccc(C=C(C#N)C(=O)C(C)(C)C)cc1OC. The highest BCUT2D eigenvalue weighted by atomic mass is 16.5. The van der Waals surface area contributed by atoms with Crippen LogP contribution in [0.1, 0.15) is 52.7 Å². The number of ether oxygens (including phenoxy) is 4. The van der Waals surface area contributed by atoms with Crippen LogP contribution in [0.5, 0.6) is 23.0 Å². The monoisotopic (exact) mass is 574 g/mol. The van der Waals surface area contributed by atoms with Crippen LogP contribution in [0.2, 0.25) is 0 Å². The van der Waals surface area contributed by atoms with Crippen LogP contribution in [0.4, 0.5) is 0 Å². The van der Waals surface area contributed by atoms with Crippen molar-refractivity contribution in [3.05, 3.63) is 58.7 Å². The summed E-state index contributed by atoms with van der Waals surface area (Å²) in [4.78, 5) is 25.0. The molecule has 0 bridgehead atoms. The number of nitriles is 2. The minimum atomic E-state index is -1.01. The zero-order valence-corrected chi connectivity index (χ0v) is 25.4. The van der Waals surface area contributed by atoms with Crippen LogP contribution in [-0.4, -0.2) is 50.2 Å². The second-order valence-electron chi connectivity index (χ2n) is 11.6. The Hall–Kier alpha value is -4.60. The molecule has 0 spiro atoms. The van der Waals surface area contributed by atoms with E-state index in [1.54, 1.807) is 77.9 Å². The fourth-order valence-electron chi connectivity index (χ4n) is 3.64. The number of rotatable bonds is 12. The molecule has 0 amide bonds. The third-order valence-electron chi connectivity index (χ3n) is 5.95. The Morgan fingerprint density at radius 3 is 1.38 bits per heavy atom. The largest absolute Gasteiger partial charge is 0.493 e. The quantitative estimate of drug-likeness (QED) is 0.255. The lowest BCUT2D eigenvalue weighted by Gasteiger charge is -2.17. The standard InChI is InChI=1S/C33H38N2O7/c1-32(2,3)30(37)23(17-34)13-21-9-11-26(28(15-21)39-7)41-19-25(36)20-42-27-12-10-22(16-29(27)40-8)14-24(18-35)31(38)33(4,5)6/h9-16,25,36H,19-20H2,1-8H3. The average Bonchev–Trinajstić information content (AvgIpc) is 2.95. The van der Waals surface area contributed by atoms with Crippen molar-refractivity contribution in [2.75, 3.05) is 27.4 Å². The average molecular weight is 575 g/mol. The third-order valence-corrected chi connectivity index (χ3v) is 5.95. The number of carbonyl (C=O) groups excluding carboxylic acids is 2. The Morgan fingerprint density at radius 2 is 1.10 bits per heavy atom. The number of nitrogens with zero attached hydrogens (tertiary/aromatic N) is 2. The van der Waals surface area contributed by atoms with E-state index in [4.69, 9.17) is 18.9 Å². The molecule has 0 aliphatic carbocycles. The van der Waals surface area contributed by atoms with Crippen molar-refractivity contribution >= 4 is 23.7 Å². The van der Waals surface area contributed by atoms with Gasteiger partial charge in [0, 0.05) is 10.8 Å². The topological polar surface area (TPSA) is 139 Å². The van der Waals surface area contributed by atoms with Gasteiger partial charge in [0.2, 0.25) is 0 Å².